The monoisotopic (exact) mass is 375 g/mol. The second-order valence-corrected chi connectivity index (χ2v) is 7.67. The maximum absolute atomic E-state index is 5.89. The van der Waals surface area contributed by atoms with Crippen molar-refractivity contribution < 1.29 is 9.47 Å². The number of fused-ring (bicyclic) bond motifs is 2. The lowest BCUT2D eigenvalue weighted by atomic mass is 9.96. The van der Waals surface area contributed by atoms with Crippen molar-refractivity contribution >= 4 is 16.9 Å². The zero-order chi connectivity index (χ0) is 18.9. The average Bonchev–Trinajstić information content (AvgIpc) is 2.74. The summed E-state index contributed by atoms with van der Waals surface area (Å²) in [5, 5.41) is 4.61. The summed E-state index contributed by atoms with van der Waals surface area (Å²) in [5.74, 6) is 2.38. The third-order valence-electron chi connectivity index (χ3n) is 5.70. The van der Waals surface area contributed by atoms with Crippen molar-refractivity contribution in [1.29, 1.82) is 0 Å². The summed E-state index contributed by atoms with van der Waals surface area (Å²) in [5.41, 5.74) is 4.10. The number of anilines is 1. The fraction of sp³-hybridized carbons (Fsp3) is 0.391. The smallest absolute Gasteiger partial charge is 0.223 e. The summed E-state index contributed by atoms with van der Waals surface area (Å²) in [6, 6.07) is 12.9. The fourth-order valence-electron chi connectivity index (χ4n) is 4.24. The molecule has 0 amide bonds. The maximum Gasteiger partial charge on any atom is 0.223 e. The molecule has 0 atom stereocenters. The number of benzene rings is 2. The van der Waals surface area contributed by atoms with Gasteiger partial charge in [-0.3, -0.25) is 0 Å². The Labute approximate surface area is 165 Å². The molecule has 1 aliphatic carbocycles. The Morgan fingerprint density at radius 3 is 2.71 bits per heavy atom. The van der Waals surface area contributed by atoms with E-state index < -0.39 is 0 Å². The fourth-order valence-corrected chi connectivity index (χ4v) is 4.24. The number of hydrogen-bond acceptors (Lipinski definition) is 5. The first-order valence-corrected chi connectivity index (χ1v) is 10.2. The molecule has 1 fully saturated rings. The Morgan fingerprint density at radius 2 is 1.82 bits per heavy atom. The molecule has 0 spiro atoms. The van der Waals surface area contributed by atoms with Gasteiger partial charge >= 0.3 is 0 Å². The molecule has 0 bridgehead atoms. The van der Waals surface area contributed by atoms with E-state index in [1.807, 2.05) is 12.1 Å². The van der Waals surface area contributed by atoms with E-state index >= 15 is 0 Å². The summed E-state index contributed by atoms with van der Waals surface area (Å²) in [6.07, 6.45) is 6.35. The Hall–Kier alpha value is -2.82. The van der Waals surface area contributed by atoms with Gasteiger partial charge in [0.1, 0.15) is 13.2 Å². The summed E-state index contributed by atoms with van der Waals surface area (Å²) in [6.45, 7) is 3.23. The molecule has 5 nitrogen and oxygen atoms in total. The average molecular weight is 375 g/mol. The topological polar surface area (TPSA) is 56.3 Å². The van der Waals surface area contributed by atoms with E-state index in [-0.39, 0.29) is 0 Å². The highest BCUT2D eigenvalue weighted by atomic mass is 16.6. The van der Waals surface area contributed by atoms with Crippen LogP contribution in [0.5, 0.6) is 11.5 Å². The van der Waals surface area contributed by atoms with E-state index in [0.29, 0.717) is 19.3 Å². The minimum absolute atomic E-state index is 0.498. The summed E-state index contributed by atoms with van der Waals surface area (Å²) in [7, 11) is 0. The molecular weight excluding hydrogens is 350 g/mol. The van der Waals surface area contributed by atoms with Gasteiger partial charge in [0.25, 0.3) is 0 Å². The number of rotatable bonds is 3. The van der Waals surface area contributed by atoms with Crippen LogP contribution in [0.3, 0.4) is 0 Å². The number of hydrogen-bond donors (Lipinski definition) is 1. The van der Waals surface area contributed by atoms with E-state index in [0.717, 1.165) is 45.2 Å². The van der Waals surface area contributed by atoms with Gasteiger partial charge in [-0.15, -0.1) is 0 Å². The van der Waals surface area contributed by atoms with Crippen LogP contribution in [0.25, 0.3) is 22.0 Å². The van der Waals surface area contributed by atoms with Crippen molar-refractivity contribution in [1.82, 2.24) is 9.97 Å². The van der Waals surface area contributed by atoms with E-state index in [1.54, 1.807) is 0 Å². The number of aromatic nitrogens is 2. The lowest BCUT2D eigenvalue weighted by molar-refractivity contribution is 0.172. The van der Waals surface area contributed by atoms with Crippen molar-refractivity contribution in [2.24, 2.45) is 0 Å². The van der Waals surface area contributed by atoms with Gasteiger partial charge in [-0.25, -0.2) is 9.97 Å². The Bertz CT molecular complexity index is 1010. The molecule has 1 aliphatic heterocycles. The molecule has 144 valence electrons. The number of para-hydroxylation sites is 1. The molecule has 1 saturated carbocycles. The first-order valence-electron chi connectivity index (χ1n) is 10.2. The summed E-state index contributed by atoms with van der Waals surface area (Å²) >= 11 is 0. The first kappa shape index (κ1) is 17.3. The molecule has 2 aliphatic rings. The van der Waals surface area contributed by atoms with Gasteiger partial charge in [-0.1, -0.05) is 37.5 Å². The van der Waals surface area contributed by atoms with Crippen LogP contribution in [0.15, 0.2) is 36.4 Å². The zero-order valence-electron chi connectivity index (χ0n) is 16.2. The van der Waals surface area contributed by atoms with Crippen LogP contribution in [0.2, 0.25) is 0 Å². The van der Waals surface area contributed by atoms with Crippen LogP contribution < -0.4 is 14.8 Å². The molecule has 2 heterocycles. The normalized spacial score (nSPS) is 16.9. The van der Waals surface area contributed by atoms with Gasteiger partial charge in [-0.2, -0.15) is 0 Å². The van der Waals surface area contributed by atoms with Crippen molar-refractivity contribution in [3.8, 4) is 22.6 Å². The molecule has 0 radical (unpaired) electrons. The van der Waals surface area contributed by atoms with Crippen molar-refractivity contribution in [3.05, 3.63) is 42.1 Å². The van der Waals surface area contributed by atoms with Crippen molar-refractivity contribution in [3.63, 3.8) is 0 Å². The molecule has 1 N–H and O–H groups in total. The highest BCUT2D eigenvalue weighted by Gasteiger charge is 2.18. The van der Waals surface area contributed by atoms with Crippen molar-refractivity contribution in [2.45, 2.75) is 45.1 Å². The molecule has 2 aromatic carbocycles. The molecular formula is C23H25N3O2. The van der Waals surface area contributed by atoms with Crippen LogP contribution in [0.1, 0.15) is 37.8 Å². The quantitative estimate of drug-likeness (QED) is 0.688. The highest BCUT2D eigenvalue weighted by Crippen LogP contribution is 2.40. The zero-order valence-corrected chi connectivity index (χ0v) is 16.2. The standard InChI is InChI=1S/C23H25N3O2/c1-15-19-14-16(18-8-5-9-21-22(18)28-13-12-27-21)10-11-20(19)26-23(24-15)25-17-6-3-2-4-7-17/h5,8-11,14,17H,2-4,6-7,12-13H2,1H3,(H,24,25,26). The molecule has 5 rings (SSSR count). The lowest BCUT2D eigenvalue weighted by Gasteiger charge is -2.23. The Morgan fingerprint density at radius 1 is 0.964 bits per heavy atom. The van der Waals surface area contributed by atoms with Gasteiger partial charge in [0.2, 0.25) is 5.95 Å². The molecule has 1 aromatic heterocycles. The number of ether oxygens (including phenoxy) is 2. The summed E-state index contributed by atoms with van der Waals surface area (Å²) in [4.78, 5) is 9.51. The second kappa shape index (κ2) is 7.30. The van der Waals surface area contributed by atoms with E-state index in [1.165, 1.54) is 32.1 Å². The largest absolute Gasteiger partial charge is 0.486 e. The minimum atomic E-state index is 0.498. The third kappa shape index (κ3) is 3.26. The summed E-state index contributed by atoms with van der Waals surface area (Å²) < 4.78 is 11.6. The SMILES string of the molecule is Cc1nc(NC2CCCCC2)nc2ccc(-c3cccc4c3OCCO4)cc12. The van der Waals surface area contributed by atoms with Gasteiger partial charge < -0.3 is 14.8 Å². The first-order chi connectivity index (χ1) is 13.8. The molecule has 0 saturated heterocycles. The maximum atomic E-state index is 5.89. The van der Waals surface area contributed by atoms with Crippen LogP contribution in [-0.2, 0) is 0 Å². The number of nitrogens with zero attached hydrogens (tertiary/aromatic N) is 2. The molecule has 5 heteroatoms. The molecule has 3 aromatic rings. The van der Waals surface area contributed by atoms with E-state index in [4.69, 9.17) is 19.4 Å². The van der Waals surface area contributed by atoms with Gasteiger partial charge in [0, 0.05) is 17.0 Å². The predicted molar refractivity (Wildman–Crippen MR) is 111 cm³/mol. The lowest BCUT2D eigenvalue weighted by Crippen LogP contribution is -2.23. The number of aryl methyl sites for hydroxylation is 1. The van der Waals surface area contributed by atoms with E-state index in [9.17, 15) is 0 Å². The van der Waals surface area contributed by atoms with Crippen LogP contribution in [0.4, 0.5) is 5.95 Å². The van der Waals surface area contributed by atoms with Crippen LogP contribution >= 0.6 is 0 Å². The van der Waals surface area contributed by atoms with Gasteiger partial charge in [-0.05, 0) is 43.5 Å². The predicted octanol–water partition coefficient (Wildman–Crippen LogP) is 5.12. The van der Waals surface area contributed by atoms with E-state index in [2.05, 4.69) is 36.5 Å². The van der Waals surface area contributed by atoms with Gasteiger partial charge in [0.15, 0.2) is 11.5 Å². The second-order valence-electron chi connectivity index (χ2n) is 7.67. The van der Waals surface area contributed by atoms with Crippen LogP contribution in [0, 0.1) is 6.92 Å². The Kier molecular flexibility index (Phi) is 4.51. The highest BCUT2D eigenvalue weighted by molar-refractivity contribution is 5.88. The molecule has 28 heavy (non-hydrogen) atoms. The third-order valence-corrected chi connectivity index (χ3v) is 5.70. The van der Waals surface area contributed by atoms with Gasteiger partial charge in [0.05, 0.1) is 11.2 Å². The van der Waals surface area contributed by atoms with Crippen molar-refractivity contribution in [2.75, 3.05) is 18.5 Å². The number of nitrogens with one attached hydrogen (secondary N) is 1. The van der Waals surface area contributed by atoms with Crippen LogP contribution in [-0.4, -0.2) is 29.2 Å². The molecule has 0 unspecified atom stereocenters. The minimum Gasteiger partial charge on any atom is -0.486 e. The Balaban J connectivity index is 1.50.